The van der Waals surface area contributed by atoms with Gasteiger partial charge in [-0.1, -0.05) is 110 Å². The first-order valence-electron chi connectivity index (χ1n) is 15.6. The van der Waals surface area contributed by atoms with Gasteiger partial charge in [-0.15, -0.1) is 0 Å². The molecule has 0 aromatic heterocycles. The summed E-state index contributed by atoms with van der Waals surface area (Å²) in [5, 5.41) is 21.5. The van der Waals surface area contributed by atoms with Gasteiger partial charge in [-0.25, -0.2) is 9.36 Å². The minimum atomic E-state index is -4.72. The molecule has 0 radical (unpaired) electrons. The number of carboxylic acids is 1. The molecule has 0 aromatic rings. The molecule has 0 rings (SSSR count). The Morgan fingerprint density at radius 2 is 1.12 bits per heavy atom. The number of rotatable bonds is 29. The molecule has 0 saturated heterocycles. The first-order chi connectivity index (χ1) is 19.6. The van der Waals surface area contributed by atoms with Crippen molar-refractivity contribution in [3.63, 3.8) is 0 Å². The maximum absolute atomic E-state index is 12.2. The molecule has 0 saturated carbocycles. The molecule has 0 aliphatic carbocycles. The summed E-state index contributed by atoms with van der Waals surface area (Å²) < 4.78 is 26.4. The number of ether oxygens (including phenoxy) is 1. The van der Waals surface area contributed by atoms with Crippen LogP contribution in [0.5, 0.6) is 0 Å². The number of carboxylic acid groups (broad SMARTS) is 1. The number of phosphoric acid groups is 1. The van der Waals surface area contributed by atoms with E-state index in [2.05, 4.69) is 23.7 Å². The minimum Gasteiger partial charge on any atom is -0.480 e. The summed E-state index contributed by atoms with van der Waals surface area (Å²) in [6.45, 7) is 2.43. The first kappa shape index (κ1) is 39.5. The molecule has 4 N–H and O–H groups in total. The molecule has 3 unspecified atom stereocenters. The number of aliphatic hydroxyl groups is 1. The van der Waals surface area contributed by atoms with Crippen LogP contribution in [0.3, 0.4) is 0 Å². The summed E-state index contributed by atoms with van der Waals surface area (Å²) in [6, 6.07) is -1.54. The van der Waals surface area contributed by atoms with Crippen LogP contribution in [-0.4, -0.2) is 64.9 Å². The van der Waals surface area contributed by atoms with E-state index in [0.29, 0.717) is 12.8 Å². The number of aliphatic hydroxyl groups excluding tert-OH is 1. The van der Waals surface area contributed by atoms with Gasteiger partial charge in [0.1, 0.15) is 12.7 Å². The van der Waals surface area contributed by atoms with Gasteiger partial charge < -0.3 is 25.2 Å². The van der Waals surface area contributed by atoms with Gasteiger partial charge in [-0.05, 0) is 12.8 Å². The predicted molar refractivity (Wildman–Crippen MR) is 157 cm³/mol. The second-order valence-electron chi connectivity index (χ2n) is 10.7. The SMILES string of the molecule is CCCCCCCCCCCCCCC(=O)NC(COP(=O)(O)OCC(O)COC(=O)CCCCCCC)C(=O)O. The molecule has 0 fully saturated rings. The summed E-state index contributed by atoms with van der Waals surface area (Å²) in [5.74, 6) is -2.38. The van der Waals surface area contributed by atoms with Crippen LogP contribution in [0.4, 0.5) is 0 Å². The third kappa shape index (κ3) is 25.9. The van der Waals surface area contributed by atoms with Crippen molar-refractivity contribution in [2.75, 3.05) is 19.8 Å². The van der Waals surface area contributed by atoms with E-state index < -0.39 is 57.6 Å². The first-order valence-corrected chi connectivity index (χ1v) is 17.1. The Morgan fingerprint density at radius 3 is 1.61 bits per heavy atom. The normalized spacial score (nSPS) is 14.2. The number of aliphatic carboxylic acids is 1. The summed E-state index contributed by atoms with van der Waals surface area (Å²) in [4.78, 5) is 45.1. The van der Waals surface area contributed by atoms with Gasteiger partial charge in [-0.3, -0.25) is 18.6 Å². The Hall–Kier alpha value is -1.52. The standard InChI is InChI=1S/C29H56NO10P/c1-3-5-7-9-10-11-12-13-14-15-17-18-20-27(32)30-26(29(34)35)24-40-41(36,37)39-23-25(31)22-38-28(33)21-19-16-8-6-4-2/h25-26,31H,3-24H2,1-2H3,(H,30,32)(H,34,35)(H,36,37). The molecule has 242 valence electrons. The fraction of sp³-hybridized carbons (Fsp3) is 0.897. The molecule has 1 amide bonds. The minimum absolute atomic E-state index is 0.151. The van der Waals surface area contributed by atoms with Crippen LogP contribution in [0.1, 0.15) is 136 Å². The molecular weight excluding hydrogens is 553 g/mol. The van der Waals surface area contributed by atoms with E-state index in [1.165, 1.54) is 51.4 Å². The van der Waals surface area contributed by atoms with Crippen LogP contribution < -0.4 is 5.32 Å². The van der Waals surface area contributed by atoms with Gasteiger partial charge in [-0.2, -0.15) is 0 Å². The third-order valence-electron chi connectivity index (χ3n) is 6.65. The molecule has 12 heteroatoms. The van der Waals surface area contributed by atoms with Crippen LogP contribution >= 0.6 is 7.82 Å². The lowest BCUT2D eigenvalue weighted by Crippen LogP contribution is -2.43. The Labute approximate surface area is 246 Å². The number of esters is 1. The zero-order valence-corrected chi connectivity index (χ0v) is 26.3. The van der Waals surface area contributed by atoms with Crippen molar-refractivity contribution in [1.29, 1.82) is 0 Å². The summed E-state index contributed by atoms with van der Waals surface area (Å²) in [7, 11) is -4.72. The number of amides is 1. The highest BCUT2D eigenvalue weighted by Gasteiger charge is 2.28. The summed E-state index contributed by atoms with van der Waals surface area (Å²) in [5.41, 5.74) is 0. The molecule has 0 spiro atoms. The van der Waals surface area contributed by atoms with Gasteiger partial charge in [0, 0.05) is 12.8 Å². The molecule has 3 atom stereocenters. The average Bonchev–Trinajstić information content (AvgIpc) is 2.93. The van der Waals surface area contributed by atoms with E-state index in [0.717, 1.165) is 44.9 Å². The van der Waals surface area contributed by atoms with E-state index in [1.807, 2.05) is 0 Å². The Kier molecular flexibility index (Phi) is 25.2. The van der Waals surface area contributed by atoms with Crippen molar-refractivity contribution in [1.82, 2.24) is 5.32 Å². The van der Waals surface area contributed by atoms with Gasteiger partial charge in [0.05, 0.1) is 13.2 Å². The highest BCUT2D eigenvalue weighted by Crippen LogP contribution is 2.43. The lowest BCUT2D eigenvalue weighted by molar-refractivity contribution is -0.147. The van der Waals surface area contributed by atoms with E-state index in [4.69, 9.17) is 9.26 Å². The average molecular weight is 610 g/mol. The highest BCUT2D eigenvalue weighted by molar-refractivity contribution is 7.47. The van der Waals surface area contributed by atoms with Crippen LogP contribution in [0.2, 0.25) is 0 Å². The molecule has 0 aliphatic heterocycles. The number of carbonyl (C=O) groups is 3. The van der Waals surface area contributed by atoms with Crippen molar-refractivity contribution in [3.05, 3.63) is 0 Å². The van der Waals surface area contributed by atoms with E-state index in [1.54, 1.807) is 0 Å². The van der Waals surface area contributed by atoms with Crippen molar-refractivity contribution >= 4 is 25.7 Å². The number of carbonyl (C=O) groups excluding carboxylic acids is 2. The molecular formula is C29H56NO10P. The maximum atomic E-state index is 12.2. The summed E-state index contributed by atoms with van der Waals surface area (Å²) in [6.07, 6.45) is 17.7. The number of hydrogen-bond donors (Lipinski definition) is 4. The van der Waals surface area contributed by atoms with Crippen molar-refractivity contribution < 1.29 is 47.8 Å². The zero-order chi connectivity index (χ0) is 30.8. The van der Waals surface area contributed by atoms with E-state index >= 15 is 0 Å². The fourth-order valence-corrected chi connectivity index (χ4v) is 4.91. The molecule has 0 aliphatic rings. The van der Waals surface area contributed by atoms with Crippen LogP contribution in [-0.2, 0) is 32.7 Å². The lowest BCUT2D eigenvalue weighted by atomic mass is 10.0. The Morgan fingerprint density at radius 1 is 0.683 bits per heavy atom. The smallest absolute Gasteiger partial charge is 0.472 e. The number of hydrogen-bond acceptors (Lipinski definition) is 8. The summed E-state index contributed by atoms with van der Waals surface area (Å²) >= 11 is 0. The third-order valence-corrected chi connectivity index (χ3v) is 7.60. The van der Waals surface area contributed by atoms with Crippen molar-refractivity contribution in [2.45, 2.75) is 148 Å². The quantitative estimate of drug-likeness (QED) is 0.0445. The molecule has 0 aromatic carbocycles. The van der Waals surface area contributed by atoms with Gasteiger partial charge in [0.25, 0.3) is 0 Å². The molecule has 0 bridgehead atoms. The Bertz CT molecular complexity index is 736. The fourth-order valence-electron chi connectivity index (χ4n) is 4.14. The zero-order valence-electron chi connectivity index (χ0n) is 25.4. The second-order valence-corrected chi connectivity index (χ2v) is 12.1. The predicted octanol–water partition coefficient (Wildman–Crippen LogP) is 6.05. The van der Waals surface area contributed by atoms with E-state index in [9.17, 15) is 34.1 Å². The maximum Gasteiger partial charge on any atom is 0.472 e. The molecule has 41 heavy (non-hydrogen) atoms. The van der Waals surface area contributed by atoms with Crippen LogP contribution in [0, 0.1) is 0 Å². The second kappa shape index (κ2) is 26.1. The van der Waals surface area contributed by atoms with Gasteiger partial charge >= 0.3 is 19.8 Å². The monoisotopic (exact) mass is 609 g/mol. The molecule has 11 nitrogen and oxygen atoms in total. The van der Waals surface area contributed by atoms with Crippen molar-refractivity contribution in [2.24, 2.45) is 0 Å². The topological polar surface area (TPSA) is 169 Å². The van der Waals surface area contributed by atoms with E-state index in [-0.39, 0.29) is 12.8 Å². The largest absolute Gasteiger partial charge is 0.480 e. The number of unbranched alkanes of at least 4 members (excludes halogenated alkanes) is 15. The lowest BCUT2D eigenvalue weighted by Gasteiger charge is -2.18. The highest BCUT2D eigenvalue weighted by atomic mass is 31.2. The van der Waals surface area contributed by atoms with Gasteiger partial charge in [0.2, 0.25) is 5.91 Å². The van der Waals surface area contributed by atoms with Crippen LogP contribution in [0.25, 0.3) is 0 Å². The van der Waals surface area contributed by atoms with Crippen molar-refractivity contribution in [3.8, 4) is 0 Å². The number of nitrogens with one attached hydrogen (secondary N) is 1. The molecule has 0 heterocycles. The van der Waals surface area contributed by atoms with Gasteiger partial charge in [0.15, 0.2) is 6.04 Å². The Balaban J connectivity index is 4.05. The van der Waals surface area contributed by atoms with Crippen LogP contribution in [0.15, 0.2) is 0 Å². The number of phosphoric ester groups is 1.